The van der Waals surface area contributed by atoms with Gasteiger partial charge in [0, 0.05) is 13.1 Å². The number of halogens is 1. The number of aryl methyl sites for hydroxylation is 1. The summed E-state index contributed by atoms with van der Waals surface area (Å²) in [5.41, 5.74) is 2.36. The molecule has 3 rings (SSSR count). The van der Waals surface area contributed by atoms with Crippen molar-refractivity contribution >= 4 is 15.9 Å². The summed E-state index contributed by atoms with van der Waals surface area (Å²) in [6.07, 6.45) is 2.40. The maximum atomic E-state index is 5.27. The molecule has 2 aliphatic heterocycles. The number of hydrogen-bond acceptors (Lipinski definition) is 3. The lowest BCUT2D eigenvalue weighted by molar-refractivity contribution is -0.0735. The molecule has 0 bridgehead atoms. The smallest absolute Gasteiger partial charge is 0.0738 e. The minimum Gasteiger partial charge on any atom is -0.378 e. The Labute approximate surface area is 116 Å². The van der Waals surface area contributed by atoms with Crippen LogP contribution >= 0.6 is 15.9 Å². The highest BCUT2D eigenvalue weighted by molar-refractivity contribution is 9.10. The molecular formula is C13H20BrN3O. The van der Waals surface area contributed by atoms with E-state index in [0.29, 0.717) is 12.1 Å². The van der Waals surface area contributed by atoms with Crippen LogP contribution in [0.5, 0.6) is 0 Å². The van der Waals surface area contributed by atoms with Gasteiger partial charge in [-0.05, 0) is 42.6 Å². The molecule has 0 spiro atoms. The fourth-order valence-corrected chi connectivity index (χ4v) is 3.19. The monoisotopic (exact) mass is 313 g/mol. The summed E-state index contributed by atoms with van der Waals surface area (Å²) in [5.74, 6) is 0. The number of hydrogen-bond donors (Lipinski definition) is 0. The Morgan fingerprint density at radius 3 is 2.28 bits per heavy atom. The van der Waals surface area contributed by atoms with Gasteiger partial charge in [-0.25, -0.2) is 0 Å². The molecule has 0 N–H and O–H groups in total. The minimum atomic E-state index is 0.562. The molecule has 2 fully saturated rings. The molecule has 3 heterocycles. The Kier molecular flexibility index (Phi) is 3.47. The topological polar surface area (TPSA) is 30.3 Å². The Bertz CT molecular complexity index is 434. The molecular weight excluding hydrogens is 294 g/mol. The third kappa shape index (κ3) is 2.12. The number of likely N-dealkylation sites (tertiary alicyclic amines) is 1. The first-order valence-corrected chi connectivity index (χ1v) is 7.49. The Morgan fingerprint density at radius 1 is 1.17 bits per heavy atom. The van der Waals surface area contributed by atoms with E-state index < -0.39 is 0 Å². The number of aromatic nitrogens is 2. The van der Waals surface area contributed by atoms with Gasteiger partial charge < -0.3 is 4.74 Å². The molecule has 0 aliphatic carbocycles. The first kappa shape index (κ1) is 12.6. The fraction of sp³-hybridized carbons (Fsp3) is 0.769. The van der Waals surface area contributed by atoms with E-state index >= 15 is 0 Å². The lowest BCUT2D eigenvalue weighted by Crippen LogP contribution is -2.52. The number of rotatable bonds is 2. The van der Waals surface area contributed by atoms with Crippen LogP contribution in [-0.4, -0.2) is 47.0 Å². The molecule has 4 nitrogen and oxygen atoms in total. The molecule has 2 aliphatic rings. The lowest BCUT2D eigenvalue weighted by atomic mass is 10.0. The van der Waals surface area contributed by atoms with Crippen molar-refractivity contribution in [3.05, 3.63) is 15.9 Å². The third-order valence-corrected chi connectivity index (χ3v) is 5.37. The second-order valence-electron chi connectivity index (χ2n) is 5.39. The van der Waals surface area contributed by atoms with Crippen LogP contribution in [0, 0.1) is 13.8 Å². The van der Waals surface area contributed by atoms with Crippen molar-refractivity contribution < 1.29 is 4.74 Å². The second-order valence-corrected chi connectivity index (χ2v) is 6.18. The molecule has 100 valence electrons. The van der Waals surface area contributed by atoms with Crippen LogP contribution in [0.3, 0.4) is 0 Å². The van der Waals surface area contributed by atoms with E-state index in [2.05, 4.69) is 44.5 Å². The predicted octanol–water partition coefficient (Wildman–Crippen LogP) is 2.30. The molecule has 1 aromatic heterocycles. The SMILES string of the molecule is Cc1nn(C2CCN(C3COC3)CC2)c(C)c1Br. The second kappa shape index (κ2) is 4.94. The fourth-order valence-electron chi connectivity index (χ4n) is 2.93. The van der Waals surface area contributed by atoms with E-state index in [4.69, 9.17) is 4.74 Å². The van der Waals surface area contributed by atoms with Gasteiger partial charge in [0.15, 0.2) is 0 Å². The molecule has 0 unspecified atom stereocenters. The van der Waals surface area contributed by atoms with E-state index in [1.807, 2.05) is 0 Å². The maximum Gasteiger partial charge on any atom is 0.0738 e. The van der Waals surface area contributed by atoms with Gasteiger partial charge in [-0.1, -0.05) is 0 Å². The van der Waals surface area contributed by atoms with E-state index in [9.17, 15) is 0 Å². The van der Waals surface area contributed by atoms with Gasteiger partial charge in [0.25, 0.3) is 0 Å². The lowest BCUT2D eigenvalue weighted by Gasteiger charge is -2.41. The molecule has 0 amide bonds. The van der Waals surface area contributed by atoms with Crippen LogP contribution in [0.4, 0.5) is 0 Å². The van der Waals surface area contributed by atoms with E-state index in [1.54, 1.807) is 0 Å². The van der Waals surface area contributed by atoms with Gasteiger partial charge in [0.05, 0.1) is 41.2 Å². The average Bonchev–Trinajstić information content (AvgIpc) is 2.56. The summed E-state index contributed by atoms with van der Waals surface area (Å²) >= 11 is 3.61. The average molecular weight is 314 g/mol. The highest BCUT2D eigenvalue weighted by Gasteiger charge is 2.31. The van der Waals surface area contributed by atoms with Crippen molar-refractivity contribution in [3.63, 3.8) is 0 Å². The largest absolute Gasteiger partial charge is 0.378 e. The maximum absolute atomic E-state index is 5.27. The predicted molar refractivity (Wildman–Crippen MR) is 73.9 cm³/mol. The number of piperidine rings is 1. The van der Waals surface area contributed by atoms with Crippen molar-refractivity contribution in [2.24, 2.45) is 0 Å². The third-order valence-electron chi connectivity index (χ3n) is 4.22. The Morgan fingerprint density at radius 2 is 1.83 bits per heavy atom. The standard InChI is InChI=1S/C13H20BrN3O/c1-9-13(14)10(2)17(15-9)11-3-5-16(6-4-11)12-7-18-8-12/h11-12H,3-8H2,1-2H3. The van der Waals surface area contributed by atoms with E-state index in [1.165, 1.54) is 31.6 Å². The van der Waals surface area contributed by atoms with Crippen molar-refractivity contribution in [3.8, 4) is 0 Å². The summed E-state index contributed by atoms with van der Waals surface area (Å²) in [4.78, 5) is 2.57. The van der Waals surface area contributed by atoms with Gasteiger partial charge in [-0.15, -0.1) is 0 Å². The van der Waals surface area contributed by atoms with Gasteiger partial charge >= 0.3 is 0 Å². The summed E-state index contributed by atoms with van der Waals surface area (Å²) in [6, 6.07) is 1.24. The van der Waals surface area contributed by atoms with Crippen LogP contribution in [0.25, 0.3) is 0 Å². The van der Waals surface area contributed by atoms with Crippen molar-refractivity contribution in [1.29, 1.82) is 0 Å². The van der Waals surface area contributed by atoms with Crippen molar-refractivity contribution in [2.75, 3.05) is 26.3 Å². The first-order chi connectivity index (χ1) is 8.66. The van der Waals surface area contributed by atoms with Crippen LogP contribution in [0.15, 0.2) is 4.47 Å². The molecule has 0 saturated carbocycles. The Balaban J connectivity index is 1.66. The van der Waals surface area contributed by atoms with Crippen LogP contribution in [0.1, 0.15) is 30.3 Å². The van der Waals surface area contributed by atoms with Gasteiger partial charge in [-0.2, -0.15) is 5.10 Å². The molecule has 0 radical (unpaired) electrons. The van der Waals surface area contributed by atoms with Gasteiger partial charge in [0.2, 0.25) is 0 Å². The normalized spacial score (nSPS) is 23.3. The van der Waals surface area contributed by atoms with Crippen LogP contribution < -0.4 is 0 Å². The molecule has 18 heavy (non-hydrogen) atoms. The number of ether oxygens (including phenoxy) is 1. The minimum absolute atomic E-state index is 0.562. The molecule has 0 aromatic carbocycles. The quantitative estimate of drug-likeness (QED) is 0.839. The zero-order valence-corrected chi connectivity index (χ0v) is 12.6. The van der Waals surface area contributed by atoms with Crippen LogP contribution in [-0.2, 0) is 4.74 Å². The molecule has 5 heteroatoms. The highest BCUT2D eigenvalue weighted by atomic mass is 79.9. The summed E-state index contributed by atoms with van der Waals surface area (Å²) < 4.78 is 8.65. The summed E-state index contributed by atoms with van der Waals surface area (Å²) in [5, 5.41) is 4.66. The number of nitrogens with zero attached hydrogens (tertiary/aromatic N) is 3. The van der Waals surface area contributed by atoms with Crippen LogP contribution in [0.2, 0.25) is 0 Å². The highest BCUT2D eigenvalue weighted by Crippen LogP contribution is 2.29. The molecule has 1 aromatic rings. The van der Waals surface area contributed by atoms with Crippen molar-refractivity contribution in [1.82, 2.24) is 14.7 Å². The van der Waals surface area contributed by atoms with E-state index in [-0.39, 0.29) is 0 Å². The molecule has 0 atom stereocenters. The Hall–Kier alpha value is -0.390. The zero-order chi connectivity index (χ0) is 12.7. The van der Waals surface area contributed by atoms with E-state index in [0.717, 1.165) is 23.4 Å². The molecule has 2 saturated heterocycles. The van der Waals surface area contributed by atoms with Gasteiger partial charge in [0.1, 0.15) is 0 Å². The van der Waals surface area contributed by atoms with Crippen molar-refractivity contribution in [2.45, 2.75) is 38.8 Å². The summed E-state index contributed by atoms with van der Waals surface area (Å²) in [7, 11) is 0. The summed E-state index contributed by atoms with van der Waals surface area (Å²) in [6.45, 7) is 8.42. The van der Waals surface area contributed by atoms with Gasteiger partial charge in [-0.3, -0.25) is 9.58 Å². The first-order valence-electron chi connectivity index (χ1n) is 6.70. The zero-order valence-electron chi connectivity index (χ0n) is 11.0.